The molecule has 2 aliphatic rings. The molecule has 80 valence electrons. The van der Waals surface area contributed by atoms with Crippen molar-refractivity contribution in [2.45, 2.75) is 24.9 Å². The number of fused-ring (bicyclic) bond motifs is 2. The molecule has 0 amide bonds. The van der Waals surface area contributed by atoms with Crippen LogP contribution in [0.2, 0.25) is 0 Å². The Hall–Kier alpha value is -0.900. The van der Waals surface area contributed by atoms with Crippen LogP contribution < -0.4 is 0 Å². The summed E-state index contributed by atoms with van der Waals surface area (Å²) in [6.45, 7) is -0.600. The molecule has 0 aromatic heterocycles. The normalized spacial score (nSPS) is 41.4. The van der Waals surface area contributed by atoms with Gasteiger partial charge in [0.1, 0.15) is 18.8 Å². The molecule has 15 heavy (non-hydrogen) atoms. The van der Waals surface area contributed by atoms with Gasteiger partial charge in [-0.25, -0.2) is 0 Å². The monoisotopic (exact) mass is 208 g/mol. The van der Waals surface area contributed by atoms with E-state index in [1.165, 1.54) is 0 Å². The second-order valence-corrected chi connectivity index (χ2v) is 3.93. The molecule has 0 unspecified atom stereocenters. The maximum absolute atomic E-state index is 7.54. The molecule has 0 saturated carbocycles. The summed E-state index contributed by atoms with van der Waals surface area (Å²) < 4.78 is 31.9. The summed E-state index contributed by atoms with van der Waals surface area (Å²) in [6, 6.07) is 9.74. The first-order valence-electron chi connectivity index (χ1n) is 6.19. The minimum atomic E-state index is -1.22. The number of hydrogen-bond donors (Lipinski definition) is 0. The van der Waals surface area contributed by atoms with Gasteiger partial charge in [-0.3, -0.25) is 0 Å². The number of benzene rings is 1. The first kappa shape index (κ1) is 7.39. The van der Waals surface area contributed by atoms with Crippen molar-refractivity contribution in [1.29, 1.82) is 0 Å². The highest BCUT2D eigenvalue weighted by atomic mass is 16.8. The zero-order valence-corrected chi connectivity index (χ0v) is 8.26. The van der Waals surface area contributed by atoms with Crippen molar-refractivity contribution in [3.63, 3.8) is 0 Å². The Morgan fingerprint density at radius 2 is 2.20 bits per heavy atom. The average Bonchev–Trinajstić information content (AvgIpc) is 2.63. The van der Waals surface area contributed by atoms with Gasteiger partial charge in [-0.1, -0.05) is 30.3 Å². The van der Waals surface area contributed by atoms with Gasteiger partial charge in [-0.15, -0.1) is 0 Å². The molecule has 2 bridgehead atoms. The van der Waals surface area contributed by atoms with E-state index in [9.17, 15) is 0 Å². The van der Waals surface area contributed by atoms with Crippen LogP contribution >= 0.6 is 0 Å². The van der Waals surface area contributed by atoms with Crippen LogP contribution in [-0.4, -0.2) is 25.1 Å². The molecule has 3 nitrogen and oxygen atoms in total. The Labute approximate surface area is 91.8 Å². The predicted molar refractivity (Wildman–Crippen MR) is 54.4 cm³/mol. The Bertz CT molecular complexity index is 398. The van der Waals surface area contributed by atoms with Crippen LogP contribution in [0.25, 0.3) is 0 Å². The fourth-order valence-corrected chi connectivity index (χ4v) is 2.07. The number of hydrogen-bond acceptors (Lipinski definition) is 3. The van der Waals surface area contributed by atoms with E-state index in [0.29, 0.717) is 6.61 Å². The molecule has 2 saturated heterocycles. The third-order valence-corrected chi connectivity index (χ3v) is 2.73. The van der Waals surface area contributed by atoms with E-state index in [2.05, 4.69) is 0 Å². The molecule has 2 aliphatic heterocycles. The molecule has 0 spiro atoms. The maximum Gasteiger partial charge on any atom is 0.190 e. The molecule has 3 heteroatoms. The van der Waals surface area contributed by atoms with Crippen molar-refractivity contribution >= 4 is 0 Å². The molecule has 0 radical (unpaired) electrons. The van der Waals surface area contributed by atoms with E-state index < -0.39 is 12.7 Å². The third kappa shape index (κ3) is 1.57. The molecular formula is C12H14O3. The smallest absolute Gasteiger partial charge is 0.190 e. The molecule has 0 N–H and O–H groups in total. The summed E-state index contributed by atoms with van der Waals surface area (Å²) in [4.78, 5) is 0. The zero-order valence-electron chi connectivity index (χ0n) is 10.3. The minimum Gasteiger partial charge on any atom is -0.373 e. The van der Waals surface area contributed by atoms with E-state index in [0.717, 1.165) is 5.56 Å². The van der Waals surface area contributed by atoms with Crippen LogP contribution in [0.4, 0.5) is 0 Å². The Kier molecular flexibility index (Phi) is 1.63. The van der Waals surface area contributed by atoms with Gasteiger partial charge in [0, 0.05) is 2.74 Å². The van der Waals surface area contributed by atoms with E-state index in [-0.39, 0.29) is 18.8 Å². The van der Waals surface area contributed by atoms with Crippen LogP contribution in [0.15, 0.2) is 30.3 Å². The van der Waals surface area contributed by atoms with Gasteiger partial charge in [0.25, 0.3) is 0 Å². The van der Waals surface area contributed by atoms with Crippen LogP contribution in [0.3, 0.4) is 0 Å². The quantitative estimate of drug-likeness (QED) is 0.705. The third-order valence-electron chi connectivity index (χ3n) is 2.73. The lowest BCUT2D eigenvalue weighted by Crippen LogP contribution is -2.38. The SMILES string of the molecule is [2H]C([2H])[C@]12COC[C@H](O1)[C@H](c1ccccc1)O2. The van der Waals surface area contributed by atoms with Crippen molar-refractivity contribution in [2.24, 2.45) is 0 Å². The Balaban J connectivity index is 1.90. The predicted octanol–water partition coefficient (Wildman–Crippen LogP) is 1.89. The molecular weight excluding hydrogens is 192 g/mol. The van der Waals surface area contributed by atoms with Gasteiger partial charge < -0.3 is 14.2 Å². The lowest BCUT2D eigenvalue weighted by molar-refractivity contribution is -0.226. The van der Waals surface area contributed by atoms with Crippen LogP contribution in [-0.2, 0) is 14.2 Å². The van der Waals surface area contributed by atoms with Crippen LogP contribution in [0, 0.1) is 0 Å². The van der Waals surface area contributed by atoms with Gasteiger partial charge in [0.15, 0.2) is 5.79 Å². The lowest BCUT2D eigenvalue weighted by Gasteiger charge is -2.26. The maximum atomic E-state index is 7.54. The Morgan fingerprint density at radius 1 is 1.33 bits per heavy atom. The van der Waals surface area contributed by atoms with Crippen molar-refractivity contribution in [2.75, 3.05) is 13.2 Å². The average molecular weight is 208 g/mol. The summed E-state index contributed by atoms with van der Waals surface area (Å²) in [5, 5.41) is 0. The van der Waals surface area contributed by atoms with Gasteiger partial charge in [-0.2, -0.15) is 0 Å². The fraction of sp³-hybridized carbons (Fsp3) is 0.500. The highest BCUT2D eigenvalue weighted by Crippen LogP contribution is 2.41. The summed E-state index contributed by atoms with van der Waals surface area (Å²) >= 11 is 0. The van der Waals surface area contributed by atoms with Crippen molar-refractivity contribution in [3.05, 3.63) is 35.9 Å². The first-order valence-corrected chi connectivity index (χ1v) is 5.04. The molecule has 2 fully saturated rings. The standard InChI is InChI=1S/C12H14O3/c1-12-8-13-7-10(14-12)11(15-12)9-5-3-2-4-6-9/h2-6,10-11H,7-8H2,1H3/t10-,11-,12-/m0/s1/i1D2. The molecule has 1 aromatic rings. The van der Waals surface area contributed by atoms with E-state index in [1.807, 2.05) is 30.3 Å². The minimum absolute atomic E-state index is 0.157. The van der Waals surface area contributed by atoms with E-state index >= 15 is 0 Å². The molecule has 3 rings (SSSR count). The van der Waals surface area contributed by atoms with E-state index in [1.54, 1.807) is 0 Å². The summed E-state index contributed by atoms with van der Waals surface area (Å²) in [5.41, 5.74) is 1.01. The van der Waals surface area contributed by atoms with Gasteiger partial charge in [0.2, 0.25) is 0 Å². The van der Waals surface area contributed by atoms with Gasteiger partial charge in [0.05, 0.1) is 6.61 Å². The topological polar surface area (TPSA) is 27.7 Å². The number of ether oxygens (including phenoxy) is 3. The van der Waals surface area contributed by atoms with Crippen LogP contribution in [0.1, 0.15) is 21.3 Å². The Morgan fingerprint density at radius 3 is 2.93 bits per heavy atom. The zero-order chi connectivity index (χ0) is 11.9. The summed E-state index contributed by atoms with van der Waals surface area (Å²) in [5.74, 6) is -1.22. The van der Waals surface area contributed by atoms with Crippen LogP contribution in [0.5, 0.6) is 0 Å². The second-order valence-electron chi connectivity index (χ2n) is 3.93. The van der Waals surface area contributed by atoms with Crippen molar-refractivity contribution in [1.82, 2.24) is 0 Å². The van der Waals surface area contributed by atoms with Crippen molar-refractivity contribution < 1.29 is 17.0 Å². The van der Waals surface area contributed by atoms with E-state index in [4.69, 9.17) is 17.0 Å². The lowest BCUT2D eigenvalue weighted by atomic mass is 10.1. The van der Waals surface area contributed by atoms with Gasteiger partial charge >= 0.3 is 0 Å². The molecule has 2 heterocycles. The largest absolute Gasteiger partial charge is 0.373 e. The summed E-state index contributed by atoms with van der Waals surface area (Å²) in [7, 11) is 0. The molecule has 1 aromatic carbocycles. The fourth-order valence-electron chi connectivity index (χ4n) is 2.07. The highest BCUT2D eigenvalue weighted by Gasteiger charge is 2.48. The molecule has 3 atom stereocenters. The first-order chi connectivity index (χ1) is 8.21. The highest BCUT2D eigenvalue weighted by molar-refractivity contribution is 5.20. The number of rotatable bonds is 1. The molecule has 0 aliphatic carbocycles. The van der Waals surface area contributed by atoms with Gasteiger partial charge in [-0.05, 0) is 12.4 Å². The second kappa shape index (κ2) is 3.30. The van der Waals surface area contributed by atoms with Crippen molar-refractivity contribution in [3.8, 4) is 0 Å². The summed E-state index contributed by atoms with van der Waals surface area (Å²) in [6.07, 6.45) is -0.457.